The zero-order valence-electron chi connectivity index (χ0n) is 17.3. The summed E-state index contributed by atoms with van der Waals surface area (Å²) in [6.45, 7) is 8.60. The van der Waals surface area contributed by atoms with Crippen LogP contribution in [0.1, 0.15) is 69.2 Å². The molecule has 1 aliphatic rings. The van der Waals surface area contributed by atoms with E-state index < -0.39 is 5.97 Å². The molecule has 2 amide bonds. The number of aromatic amines is 1. The molecule has 0 saturated carbocycles. The van der Waals surface area contributed by atoms with Gasteiger partial charge in [-0.05, 0) is 70.4 Å². The van der Waals surface area contributed by atoms with Gasteiger partial charge >= 0.3 is 5.97 Å². The molecule has 0 bridgehead atoms. The number of rotatable bonds is 5. The minimum Gasteiger partial charge on any atom is -0.459 e. The SMILES string of the molecule is Cc1[nH]c(C(=O)Nc2ccc(C(=O)N3CCCC3)cc2)c(C)c1C(=O)OC(C)C. The first-order chi connectivity index (χ1) is 13.8. The second kappa shape index (κ2) is 8.51. The molecular formula is C22H27N3O4. The van der Waals surface area contributed by atoms with Crippen LogP contribution in [-0.2, 0) is 4.74 Å². The molecule has 2 aromatic rings. The van der Waals surface area contributed by atoms with Gasteiger partial charge in [-0.1, -0.05) is 0 Å². The normalized spacial score (nSPS) is 13.6. The average molecular weight is 397 g/mol. The van der Waals surface area contributed by atoms with Crippen molar-refractivity contribution in [2.75, 3.05) is 18.4 Å². The molecule has 2 heterocycles. The molecule has 0 unspecified atom stereocenters. The number of esters is 1. The van der Waals surface area contributed by atoms with E-state index in [2.05, 4.69) is 10.3 Å². The summed E-state index contributed by atoms with van der Waals surface area (Å²) in [5.41, 5.74) is 3.02. The van der Waals surface area contributed by atoms with E-state index >= 15 is 0 Å². The Balaban J connectivity index is 1.72. The van der Waals surface area contributed by atoms with E-state index in [1.165, 1.54) is 0 Å². The first-order valence-corrected chi connectivity index (χ1v) is 9.88. The number of carbonyl (C=O) groups is 3. The number of aryl methyl sites for hydroxylation is 1. The predicted molar refractivity (Wildman–Crippen MR) is 110 cm³/mol. The lowest BCUT2D eigenvalue weighted by molar-refractivity contribution is 0.0376. The van der Waals surface area contributed by atoms with Gasteiger partial charge in [-0.25, -0.2) is 4.79 Å². The molecule has 1 fully saturated rings. The Morgan fingerprint density at radius 2 is 1.69 bits per heavy atom. The van der Waals surface area contributed by atoms with E-state index in [1.54, 1.807) is 52.0 Å². The quantitative estimate of drug-likeness (QED) is 0.753. The number of carbonyl (C=O) groups excluding carboxylic acids is 3. The van der Waals surface area contributed by atoms with Crippen LogP contribution in [0.2, 0.25) is 0 Å². The van der Waals surface area contributed by atoms with Gasteiger partial charge < -0.3 is 19.9 Å². The third kappa shape index (κ3) is 4.50. The molecule has 1 aromatic carbocycles. The minimum absolute atomic E-state index is 0.0181. The largest absolute Gasteiger partial charge is 0.459 e. The Bertz CT molecular complexity index is 922. The Hall–Kier alpha value is -3.09. The third-order valence-corrected chi connectivity index (χ3v) is 4.99. The topological polar surface area (TPSA) is 91.5 Å². The summed E-state index contributed by atoms with van der Waals surface area (Å²) in [7, 11) is 0. The Kier molecular flexibility index (Phi) is 6.06. The second-order valence-electron chi connectivity index (χ2n) is 7.61. The van der Waals surface area contributed by atoms with Crippen molar-refractivity contribution in [1.29, 1.82) is 0 Å². The lowest BCUT2D eigenvalue weighted by atomic mass is 10.1. The molecule has 0 radical (unpaired) electrons. The van der Waals surface area contributed by atoms with Gasteiger partial charge in [-0.3, -0.25) is 9.59 Å². The molecule has 0 aliphatic carbocycles. The smallest absolute Gasteiger partial charge is 0.340 e. The number of aromatic nitrogens is 1. The molecule has 29 heavy (non-hydrogen) atoms. The summed E-state index contributed by atoms with van der Waals surface area (Å²) >= 11 is 0. The average Bonchev–Trinajstić information content (AvgIpc) is 3.29. The summed E-state index contributed by atoms with van der Waals surface area (Å²) in [4.78, 5) is 42.2. The second-order valence-corrected chi connectivity index (χ2v) is 7.61. The van der Waals surface area contributed by atoms with E-state index in [-0.39, 0.29) is 17.9 Å². The van der Waals surface area contributed by atoms with Crippen LogP contribution in [0.5, 0.6) is 0 Å². The monoisotopic (exact) mass is 397 g/mol. The number of H-pyrrole nitrogens is 1. The number of anilines is 1. The van der Waals surface area contributed by atoms with E-state index in [9.17, 15) is 14.4 Å². The molecule has 1 saturated heterocycles. The lowest BCUT2D eigenvalue weighted by Gasteiger charge is -2.15. The van der Waals surface area contributed by atoms with Crippen LogP contribution >= 0.6 is 0 Å². The van der Waals surface area contributed by atoms with Gasteiger partial charge in [0.15, 0.2) is 0 Å². The van der Waals surface area contributed by atoms with Crippen LogP contribution in [0.3, 0.4) is 0 Å². The Morgan fingerprint density at radius 1 is 1.07 bits per heavy atom. The number of hydrogen-bond acceptors (Lipinski definition) is 4. The highest BCUT2D eigenvalue weighted by molar-refractivity contribution is 6.07. The lowest BCUT2D eigenvalue weighted by Crippen LogP contribution is -2.27. The van der Waals surface area contributed by atoms with Gasteiger partial charge in [-0.15, -0.1) is 0 Å². The van der Waals surface area contributed by atoms with Crippen molar-refractivity contribution < 1.29 is 19.1 Å². The summed E-state index contributed by atoms with van der Waals surface area (Å²) in [5.74, 6) is -0.785. The zero-order chi connectivity index (χ0) is 21.1. The Morgan fingerprint density at radius 3 is 2.28 bits per heavy atom. The molecule has 3 rings (SSSR count). The number of benzene rings is 1. The summed E-state index contributed by atoms with van der Waals surface area (Å²) in [6, 6.07) is 6.85. The summed E-state index contributed by atoms with van der Waals surface area (Å²) in [5, 5.41) is 2.81. The van der Waals surface area contributed by atoms with E-state index in [1.807, 2.05) is 4.90 Å². The van der Waals surface area contributed by atoms with E-state index in [4.69, 9.17) is 4.74 Å². The van der Waals surface area contributed by atoms with Crippen molar-refractivity contribution in [1.82, 2.24) is 9.88 Å². The van der Waals surface area contributed by atoms with Crippen molar-refractivity contribution in [2.24, 2.45) is 0 Å². The third-order valence-electron chi connectivity index (χ3n) is 4.99. The maximum Gasteiger partial charge on any atom is 0.340 e. The molecule has 0 atom stereocenters. The number of nitrogens with zero attached hydrogens (tertiary/aromatic N) is 1. The van der Waals surface area contributed by atoms with Gasteiger partial charge in [0, 0.05) is 30.0 Å². The maximum atomic E-state index is 12.7. The Labute approximate surface area is 170 Å². The van der Waals surface area contributed by atoms with Gasteiger partial charge in [-0.2, -0.15) is 0 Å². The van der Waals surface area contributed by atoms with Crippen LogP contribution in [0.25, 0.3) is 0 Å². The van der Waals surface area contributed by atoms with Crippen LogP contribution in [0, 0.1) is 13.8 Å². The summed E-state index contributed by atoms with van der Waals surface area (Å²) in [6.07, 6.45) is 1.85. The number of amides is 2. The van der Waals surface area contributed by atoms with E-state index in [0.717, 1.165) is 25.9 Å². The highest BCUT2D eigenvalue weighted by Gasteiger charge is 2.24. The minimum atomic E-state index is -0.449. The fourth-order valence-electron chi connectivity index (χ4n) is 3.55. The first-order valence-electron chi connectivity index (χ1n) is 9.88. The van der Waals surface area contributed by atoms with Crippen LogP contribution < -0.4 is 5.32 Å². The number of hydrogen-bond donors (Lipinski definition) is 2. The standard InChI is InChI=1S/C22H27N3O4/c1-13(2)29-22(28)18-14(3)19(23-15(18)4)20(26)24-17-9-7-16(8-10-17)21(27)25-11-5-6-12-25/h7-10,13,23H,5-6,11-12H2,1-4H3,(H,24,26). The number of nitrogens with one attached hydrogen (secondary N) is 2. The molecule has 7 nitrogen and oxygen atoms in total. The molecular weight excluding hydrogens is 370 g/mol. The van der Waals surface area contributed by atoms with Gasteiger partial charge in [0.1, 0.15) is 5.69 Å². The molecule has 154 valence electrons. The highest BCUT2D eigenvalue weighted by atomic mass is 16.5. The first kappa shape index (κ1) is 20.6. The number of ether oxygens (including phenoxy) is 1. The maximum absolute atomic E-state index is 12.7. The molecule has 7 heteroatoms. The van der Waals surface area contributed by atoms with Crippen molar-refractivity contribution in [3.8, 4) is 0 Å². The van der Waals surface area contributed by atoms with Crippen LogP contribution in [0.4, 0.5) is 5.69 Å². The molecule has 1 aliphatic heterocycles. The fraction of sp³-hybridized carbons (Fsp3) is 0.409. The molecule has 0 spiro atoms. The van der Waals surface area contributed by atoms with Gasteiger partial charge in [0.25, 0.3) is 11.8 Å². The number of likely N-dealkylation sites (tertiary alicyclic amines) is 1. The zero-order valence-corrected chi connectivity index (χ0v) is 17.3. The molecule has 2 N–H and O–H groups in total. The van der Waals surface area contributed by atoms with Gasteiger partial charge in [0.05, 0.1) is 11.7 Å². The fourth-order valence-corrected chi connectivity index (χ4v) is 3.55. The van der Waals surface area contributed by atoms with Gasteiger partial charge in [0.2, 0.25) is 0 Å². The summed E-state index contributed by atoms with van der Waals surface area (Å²) < 4.78 is 5.26. The van der Waals surface area contributed by atoms with Crippen molar-refractivity contribution in [2.45, 2.75) is 46.6 Å². The van der Waals surface area contributed by atoms with Crippen molar-refractivity contribution in [3.63, 3.8) is 0 Å². The molecule has 1 aromatic heterocycles. The van der Waals surface area contributed by atoms with Crippen LogP contribution in [0.15, 0.2) is 24.3 Å². The predicted octanol–water partition coefficient (Wildman–Crippen LogP) is 3.69. The van der Waals surface area contributed by atoms with Crippen molar-refractivity contribution >= 4 is 23.5 Å². The van der Waals surface area contributed by atoms with Crippen molar-refractivity contribution in [3.05, 3.63) is 52.3 Å². The van der Waals surface area contributed by atoms with E-state index in [0.29, 0.717) is 33.8 Å². The highest BCUT2D eigenvalue weighted by Crippen LogP contribution is 2.21. The van der Waals surface area contributed by atoms with Crippen LogP contribution in [-0.4, -0.2) is 46.9 Å².